The molecule has 1 heterocycles. The minimum Gasteiger partial charge on any atom is -0.383 e. The summed E-state index contributed by atoms with van der Waals surface area (Å²) in [6, 6.07) is 1.45. The van der Waals surface area contributed by atoms with Crippen LogP contribution in [0, 0.1) is 12.8 Å². The summed E-state index contributed by atoms with van der Waals surface area (Å²) >= 11 is 0. The zero-order chi connectivity index (χ0) is 14.2. The fraction of sp³-hybridized carbons (Fsp3) is 0.333. The molecule has 0 atom stereocenters. The molecule has 0 fully saturated rings. The number of anilines is 1. The third-order valence-corrected chi connectivity index (χ3v) is 2.15. The summed E-state index contributed by atoms with van der Waals surface area (Å²) in [7, 11) is -4.15. The van der Waals surface area contributed by atoms with Crippen LogP contribution < -0.4 is 11.4 Å². The summed E-state index contributed by atoms with van der Waals surface area (Å²) in [5.74, 6) is 0.123. The maximum absolute atomic E-state index is 11.2. The van der Waals surface area contributed by atoms with E-state index < -0.39 is 19.6 Å². The number of nitrogen functional groups attached to an aromatic ring is 1. The molecule has 0 unspecified atom stereocenters. The molecule has 0 saturated carbocycles. The Morgan fingerprint density at radius 2 is 2.11 bits per heavy atom. The maximum Gasteiger partial charge on any atom is 0.350 e. The van der Waals surface area contributed by atoms with E-state index in [1.807, 2.05) is 0 Å². The van der Waals surface area contributed by atoms with Gasteiger partial charge in [0, 0.05) is 6.20 Å². The maximum atomic E-state index is 11.2. The quantitative estimate of drug-likeness (QED) is 0.365. The molecule has 100 valence electrons. The Labute approximate surface area is 104 Å². The van der Waals surface area contributed by atoms with Crippen molar-refractivity contribution in [1.82, 2.24) is 9.55 Å². The van der Waals surface area contributed by atoms with Crippen LogP contribution in [0.25, 0.3) is 0 Å². The number of terminal acetylenes is 1. The van der Waals surface area contributed by atoms with E-state index in [-0.39, 0.29) is 19.0 Å². The second kappa shape index (κ2) is 7.63. The van der Waals surface area contributed by atoms with Crippen LogP contribution in [0.3, 0.4) is 0 Å². The van der Waals surface area contributed by atoms with Crippen LogP contribution in [-0.2, 0) is 15.8 Å². The van der Waals surface area contributed by atoms with Crippen molar-refractivity contribution < 1.29 is 19.1 Å². The van der Waals surface area contributed by atoms with Gasteiger partial charge in [0.25, 0.3) is 0 Å². The first-order chi connectivity index (χ1) is 8.38. The minimum atomic E-state index is -4.15. The van der Waals surface area contributed by atoms with Gasteiger partial charge in [0.1, 0.15) is 12.2 Å². The monoisotopic (exact) mass is 275 g/mol. The molecule has 0 aliphatic rings. The first-order valence-electron chi connectivity index (χ1n) is 4.67. The molecule has 0 amide bonds. The molecule has 0 aliphatic heterocycles. The van der Waals surface area contributed by atoms with Gasteiger partial charge in [-0.15, -0.1) is 12.8 Å². The van der Waals surface area contributed by atoms with Crippen LogP contribution in [0.15, 0.2) is 17.1 Å². The number of nitrogens with zero attached hydrogens (tertiary/aromatic N) is 2. The lowest BCUT2D eigenvalue weighted by Gasteiger charge is -2.07. The molecule has 9 heteroatoms. The highest BCUT2D eigenvalue weighted by Crippen LogP contribution is 2.33. The summed E-state index contributed by atoms with van der Waals surface area (Å²) in [6.45, 7) is 0.169. The Hall–Kier alpha value is -1.65. The van der Waals surface area contributed by atoms with Crippen molar-refractivity contribution in [3.05, 3.63) is 22.7 Å². The fourth-order valence-corrected chi connectivity index (χ4v) is 1.33. The third kappa shape index (κ3) is 6.83. The van der Waals surface area contributed by atoms with Crippen molar-refractivity contribution in [2.75, 3.05) is 18.7 Å². The minimum absolute atomic E-state index is 0.0105. The standard InChI is InChI=1S/C7H12N3O5P.C2H2/c8-6-1-2-10(7(11)9-6)3-4-15-5-16(12,13)14;1-2/h1-2H,3-5H2,(H2,8,9,11)(H2,12,13,14);1-2H. The van der Waals surface area contributed by atoms with E-state index in [1.165, 1.54) is 16.8 Å². The normalized spacial score (nSPS) is 10.4. The van der Waals surface area contributed by atoms with Gasteiger partial charge in [-0.1, -0.05) is 0 Å². The number of rotatable bonds is 5. The molecule has 8 nitrogen and oxygen atoms in total. The molecular weight excluding hydrogens is 261 g/mol. The average molecular weight is 275 g/mol. The van der Waals surface area contributed by atoms with Crippen LogP contribution in [0.1, 0.15) is 0 Å². The average Bonchev–Trinajstić information content (AvgIpc) is 2.28. The summed E-state index contributed by atoms with van der Waals surface area (Å²) in [5.41, 5.74) is 4.75. The van der Waals surface area contributed by atoms with E-state index in [0.29, 0.717) is 0 Å². The zero-order valence-corrected chi connectivity index (χ0v) is 10.4. The number of nitrogens with two attached hydrogens (primary N) is 1. The molecule has 0 bridgehead atoms. The van der Waals surface area contributed by atoms with Crippen LogP contribution >= 0.6 is 7.60 Å². The molecule has 1 rings (SSSR count). The Bertz CT molecular complexity index is 492. The largest absolute Gasteiger partial charge is 0.383 e. The van der Waals surface area contributed by atoms with Gasteiger partial charge in [-0.3, -0.25) is 9.13 Å². The lowest BCUT2D eigenvalue weighted by Crippen LogP contribution is -2.25. The van der Waals surface area contributed by atoms with Gasteiger partial charge < -0.3 is 20.3 Å². The molecule has 0 saturated heterocycles. The summed E-state index contributed by atoms with van der Waals surface area (Å²) in [6.07, 6.45) is 8.77. The van der Waals surface area contributed by atoms with E-state index in [0.717, 1.165) is 0 Å². The van der Waals surface area contributed by atoms with Gasteiger partial charge in [-0.2, -0.15) is 4.98 Å². The highest BCUT2D eigenvalue weighted by Gasteiger charge is 2.12. The van der Waals surface area contributed by atoms with Crippen LogP contribution in [0.2, 0.25) is 0 Å². The second-order valence-corrected chi connectivity index (χ2v) is 4.62. The Kier molecular flexibility index (Phi) is 6.93. The van der Waals surface area contributed by atoms with E-state index in [9.17, 15) is 9.36 Å². The van der Waals surface area contributed by atoms with Gasteiger partial charge in [-0.25, -0.2) is 4.79 Å². The first-order valence-corrected chi connectivity index (χ1v) is 6.47. The van der Waals surface area contributed by atoms with Gasteiger partial charge in [0.2, 0.25) is 0 Å². The zero-order valence-electron chi connectivity index (χ0n) is 9.47. The summed E-state index contributed by atoms with van der Waals surface area (Å²) in [4.78, 5) is 31.7. The van der Waals surface area contributed by atoms with Crippen LogP contribution in [0.5, 0.6) is 0 Å². The lowest BCUT2D eigenvalue weighted by atomic mass is 10.5. The molecule has 18 heavy (non-hydrogen) atoms. The number of hydrogen-bond donors (Lipinski definition) is 3. The third-order valence-electron chi connectivity index (χ3n) is 1.63. The second-order valence-electron chi connectivity index (χ2n) is 3.03. The smallest absolute Gasteiger partial charge is 0.350 e. The van der Waals surface area contributed by atoms with Gasteiger partial charge in [-0.05, 0) is 6.07 Å². The van der Waals surface area contributed by atoms with Crippen molar-refractivity contribution >= 4 is 13.4 Å². The van der Waals surface area contributed by atoms with E-state index in [1.54, 1.807) is 0 Å². The first kappa shape index (κ1) is 16.4. The molecular formula is C9H14N3O5P. The summed E-state index contributed by atoms with van der Waals surface area (Å²) < 4.78 is 16.4. The predicted octanol–water partition coefficient (Wildman–Crippen LogP) is -0.773. The van der Waals surface area contributed by atoms with Crippen molar-refractivity contribution in [1.29, 1.82) is 0 Å². The van der Waals surface area contributed by atoms with Gasteiger partial charge in [0.15, 0.2) is 0 Å². The highest BCUT2D eigenvalue weighted by atomic mass is 31.2. The Morgan fingerprint density at radius 3 is 2.61 bits per heavy atom. The van der Waals surface area contributed by atoms with Gasteiger partial charge >= 0.3 is 13.3 Å². The number of hydrogen-bond acceptors (Lipinski definition) is 5. The number of aromatic nitrogens is 2. The van der Waals surface area contributed by atoms with E-state index in [4.69, 9.17) is 20.3 Å². The molecule has 0 aromatic carbocycles. The summed E-state index contributed by atoms with van der Waals surface area (Å²) in [5, 5.41) is 0. The lowest BCUT2D eigenvalue weighted by molar-refractivity contribution is 0.147. The van der Waals surface area contributed by atoms with Crippen molar-refractivity contribution in [2.45, 2.75) is 6.54 Å². The number of ether oxygens (including phenoxy) is 1. The SMILES string of the molecule is C#C.Nc1ccn(CCOCP(=O)(O)O)c(=O)n1. The topological polar surface area (TPSA) is 128 Å². The van der Waals surface area contributed by atoms with Crippen LogP contribution in [0.4, 0.5) is 5.82 Å². The molecule has 1 aromatic heterocycles. The molecule has 0 radical (unpaired) electrons. The highest BCUT2D eigenvalue weighted by molar-refractivity contribution is 7.51. The van der Waals surface area contributed by atoms with Crippen molar-refractivity contribution in [2.24, 2.45) is 0 Å². The predicted molar refractivity (Wildman–Crippen MR) is 65.7 cm³/mol. The van der Waals surface area contributed by atoms with Crippen molar-refractivity contribution in [3.63, 3.8) is 0 Å². The molecule has 1 aromatic rings. The molecule has 4 N–H and O–H groups in total. The van der Waals surface area contributed by atoms with Crippen molar-refractivity contribution in [3.8, 4) is 12.8 Å². The fourth-order valence-electron chi connectivity index (χ4n) is 0.959. The van der Waals surface area contributed by atoms with Crippen LogP contribution in [-0.4, -0.2) is 32.3 Å². The molecule has 0 aliphatic carbocycles. The van der Waals surface area contributed by atoms with Gasteiger partial charge in [0.05, 0.1) is 13.2 Å². The van der Waals surface area contributed by atoms with E-state index >= 15 is 0 Å². The Balaban J connectivity index is 0.00000137. The Morgan fingerprint density at radius 1 is 1.50 bits per heavy atom. The molecule has 0 spiro atoms. The van der Waals surface area contributed by atoms with E-state index in [2.05, 4.69) is 17.8 Å².